The summed E-state index contributed by atoms with van der Waals surface area (Å²) in [6.45, 7) is 9.00. The van der Waals surface area contributed by atoms with Gasteiger partial charge in [-0.2, -0.15) is 0 Å². The van der Waals surface area contributed by atoms with E-state index in [4.69, 9.17) is 5.73 Å². The van der Waals surface area contributed by atoms with Crippen molar-refractivity contribution in [3.05, 3.63) is 35.4 Å². The van der Waals surface area contributed by atoms with Crippen LogP contribution in [0.4, 0.5) is 0 Å². The van der Waals surface area contributed by atoms with E-state index in [2.05, 4.69) is 41.4 Å². The van der Waals surface area contributed by atoms with Crippen LogP contribution in [0.2, 0.25) is 0 Å². The highest BCUT2D eigenvalue weighted by atomic mass is 35.5. The van der Waals surface area contributed by atoms with Gasteiger partial charge in [-0.25, -0.2) is 0 Å². The molecule has 0 aliphatic carbocycles. The number of hydrogen-bond acceptors (Lipinski definition) is 3. The van der Waals surface area contributed by atoms with Gasteiger partial charge in [0.05, 0.1) is 6.04 Å². The van der Waals surface area contributed by atoms with Crippen LogP contribution >= 0.6 is 12.4 Å². The Kier molecular flexibility index (Phi) is 8.74. The first-order valence-electron chi connectivity index (χ1n) is 8.82. The molecule has 136 valence electrons. The van der Waals surface area contributed by atoms with E-state index in [1.165, 1.54) is 31.4 Å². The van der Waals surface area contributed by atoms with Crippen LogP contribution in [0.25, 0.3) is 0 Å². The summed E-state index contributed by atoms with van der Waals surface area (Å²) in [7, 11) is 0. The minimum absolute atomic E-state index is 0. The fourth-order valence-electron chi connectivity index (χ4n) is 3.00. The van der Waals surface area contributed by atoms with Crippen LogP contribution in [-0.2, 0) is 17.9 Å². The number of amides is 1. The first kappa shape index (κ1) is 20.9. The summed E-state index contributed by atoms with van der Waals surface area (Å²) >= 11 is 0. The molecule has 1 aliphatic heterocycles. The van der Waals surface area contributed by atoms with Crippen LogP contribution in [0.1, 0.15) is 51.2 Å². The van der Waals surface area contributed by atoms with E-state index >= 15 is 0 Å². The summed E-state index contributed by atoms with van der Waals surface area (Å²) in [6.07, 6.45) is 3.97. The van der Waals surface area contributed by atoms with Crippen molar-refractivity contribution in [2.24, 2.45) is 11.7 Å². The van der Waals surface area contributed by atoms with Gasteiger partial charge in [-0.3, -0.25) is 9.69 Å². The van der Waals surface area contributed by atoms with Gasteiger partial charge < -0.3 is 11.1 Å². The number of rotatable bonds is 6. The summed E-state index contributed by atoms with van der Waals surface area (Å²) in [5.41, 5.74) is 8.30. The second-order valence-electron chi connectivity index (χ2n) is 7.12. The van der Waals surface area contributed by atoms with Crippen LogP contribution in [0.15, 0.2) is 24.3 Å². The lowest BCUT2D eigenvalue weighted by molar-refractivity contribution is -0.123. The molecule has 1 heterocycles. The molecule has 3 N–H and O–H groups in total. The number of nitrogens with zero attached hydrogens (tertiary/aromatic N) is 1. The van der Waals surface area contributed by atoms with Crippen molar-refractivity contribution in [3.8, 4) is 0 Å². The number of nitrogens with two attached hydrogens (primary N) is 1. The molecule has 4 nitrogen and oxygen atoms in total. The predicted octanol–water partition coefficient (Wildman–Crippen LogP) is 3.08. The Morgan fingerprint density at radius 2 is 1.88 bits per heavy atom. The predicted molar refractivity (Wildman–Crippen MR) is 102 cm³/mol. The smallest absolute Gasteiger partial charge is 0.237 e. The molecule has 5 heteroatoms. The SMILES string of the molecule is CC(C)[C@H](N)C(=O)NCc1ccc(CN2CCCCC2C)cc1.Cl. The number of carbonyl (C=O) groups excluding carboxylic acids is 1. The summed E-state index contributed by atoms with van der Waals surface area (Å²) in [5.74, 6) is 0.0788. The van der Waals surface area contributed by atoms with E-state index in [0.717, 1.165) is 12.1 Å². The lowest BCUT2D eigenvalue weighted by Gasteiger charge is -2.33. The quantitative estimate of drug-likeness (QED) is 0.826. The number of likely N-dealkylation sites (tertiary alicyclic amines) is 1. The first-order valence-corrected chi connectivity index (χ1v) is 8.82. The van der Waals surface area contributed by atoms with Gasteiger partial charge in [0.15, 0.2) is 0 Å². The highest BCUT2D eigenvalue weighted by Crippen LogP contribution is 2.19. The maximum atomic E-state index is 11.9. The number of hydrogen-bond donors (Lipinski definition) is 2. The molecule has 0 radical (unpaired) electrons. The van der Waals surface area contributed by atoms with Crippen LogP contribution in [0, 0.1) is 5.92 Å². The van der Waals surface area contributed by atoms with E-state index in [9.17, 15) is 4.79 Å². The van der Waals surface area contributed by atoms with Crippen LogP contribution in [0.3, 0.4) is 0 Å². The number of benzene rings is 1. The average Bonchev–Trinajstić information content (AvgIpc) is 2.55. The average molecular weight is 354 g/mol. The molecular formula is C19H32ClN3O. The third-order valence-electron chi connectivity index (χ3n) is 4.84. The monoisotopic (exact) mass is 353 g/mol. The minimum atomic E-state index is -0.435. The minimum Gasteiger partial charge on any atom is -0.351 e. The first-order chi connectivity index (χ1) is 11.0. The Morgan fingerprint density at radius 3 is 2.46 bits per heavy atom. The van der Waals surface area contributed by atoms with Gasteiger partial charge in [-0.15, -0.1) is 12.4 Å². The van der Waals surface area contributed by atoms with E-state index in [1.807, 2.05) is 13.8 Å². The molecule has 2 atom stereocenters. The van der Waals surface area contributed by atoms with Crippen LogP contribution in [-0.4, -0.2) is 29.4 Å². The van der Waals surface area contributed by atoms with Gasteiger partial charge in [-0.05, 0) is 43.4 Å². The highest BCUT2D eigenvalue weighted by molar-refractivity contribution is 5.85. The zero-order chi connectivity index (χ0) is 16.8. The maximum Gasteiger partial charge on any atom is 0.237 e. The van der Waals surface area contributed by atoms with Gasteiger partial charge in [0.2, 0.25) is 5.91 Å². The topological polar surface area (TPSA) is 58.4 Å². The van der Waals surface area contributed by atoms with E-state index < -0.39 is 6.04 Å². The summed E-state index contributed by atoms with van der Waals surface area (Å²) in [6, 6.07) is 8.79. The van der Waals surface area contributed by atoms with Crippen molar-refractivity contribution in [2.45, 2.75) is 65.2 Å². The second kappa shape index (κ2) is 10.0. The lowest BCUT2D eigenvalue weighted by Crippen LogP contribution is -2.43. The van der Waals surface area contributed by atoms with Gasteiger partial charge in [-0.1, -0.05) is 44.5 Å². The lowest BCUT2D eigenvalue weighted by atomic mass is 10.0. The molecule has 1 fully saturated rings. The number of nitrogens with one attached hydrogen (secondary N) is 1. The molecule has 1 saturated heterocycles. The molecule has 1 amide bonds. The molecule has 1 aromatic rings. The Morgan fingerprint density at radius 1 is 1.25 bits per heavy atom. The Hall–Kier alpha value is -1.10. The summed E-state index contributed by atoms with van der Waals surface area (Å²) in [4.78, 5) is 14.4. The van der Waals surface area contributed by atoms with Gasteiger partial charge in [0, 0.05) is 19.1 Å². The Bertz CT molecular complexity index is 504. The van der Waals surface area contributed by atoms with Crippen molar-refractivity contribution in [3.63, 3.8) is 0 Å². The molecule has 1 aromatic carbocycles. The molecule has 2 rings (SSSR count). The molecule has 0 aromatic heterocycles. The van der Waals surface area contributed by atoms with E-state index in [1.54, 1.807) is 0 Å². The van der Waals surface area contributed by atoms with Gasteiger partial charge in [0.25, 0.3) is 0 Å². The van der Waals surface area contributed by atoms with Crippen molar-refractivity contribution in [1.82, 2.24) is 10.2 Å². The van der Waals surface area contributed by atoms with Gasteiger partial charge >= 0.3 is 0 Å². The van der Waals surface area contributed by atoms with Crippen LogP contribution < -0.4 is 11.1 Å². The highest BCUT2D eigenvalue weighted by Gasteiger charge is 2.18. The molecule has 24 heavy (non-hydrogen) atoms. The van der Waals surface area contributed by atoms with E-state index in [-0.39, 0.29) is 24.2 Å². The summed E-state index contributed by atoms with van der Waals surface area (Å²) < 4.78 is 0. The van der Waals surface area contributed by atoms with Crippen molar-refractivity contribution in [1.29, 1.82) is 0 Å². The summed E-state index contributed by atoms with van der Waals surface area (Å²) in [5, 5.41) is 2.91. The number of carbonyl (C=O) groups is 1. The van der Waals surface area contributed by atoms with Crippen molar-refractivity contribution < 1.29 is 4.79 Å². The Balaban J connectivity index is 0.00000288. The molecule has 0 saturated carbocycles. The largest absolute Gasteiger partial charge is 0.351 e. The maximum absolute atomic E-state index is 11.9. The molecule has 1 unspecified atom stereocenters. The number of halogens is 1. The molecule has 0 bridgehead atoms. The fraction of sp³-hybridized carbons (Fsp3) is 0.632. The third kappa shape index (κ3) is 6.08. The standard InChI is InChI=1S/C19H31N3O.ClH/c1-14(2)18(20)19(23)21-12-16-7-9-17(10-8-16)13-22-11-5-4-6-15(22)3;/h7-10,14-15,18H,4-6,11-13,20H2,1-3H3,(H,21,23);1H/t15?,18-;/m0./s1. The molecule has 1 aliphatic rings. The Labute approximate surface area is 152 Å². The second-order valence-corrected chi connectivity index (χ2v) is 7.12. The van der Waals surface area contributed by atoms with Crippen molar-refractivity contribution >= 4 is 18.3 Å². The number of piperidine rings is 1. The fourth-order valence-corrected chi connectivity index (χ4v) is 3.00. The zero-order valence-corrected chi connectivity index (χ0v) is 15.9. The van der Waals surface area contributed by atoms with Gasteiger partial charge in [0.1, 0.15) is 0 Å². The zero-order valence-electron chi connectivity index (χ0n) is 15.1. The normalized spacial score (nSPS) is 19.6. The van der Waals surface area contributed by atoms with Crippen molar-refractivity contribution in [2.75, 3.05) is 6.54 Å². The van der Waals surface area contributed by atoms with Crippen LogP contribution in [0.5, 0.6) is 0 Å². The van der Waals surface area contributed by atoms with E-state index in [0.29, 0.717) is 12.6 Å². The molecule has 0 spiro atoms. The third-order valence-corrected chi connectivity index (χ3v) is 4.84. The molecular weight excluding hydrogens is 322 g/mol.